The number of hydrogen-bond donors (Lipinski definition) is 1. The third-order valence-corrected chi connectivity index (χ3v) is 6.61. The predicted molar refractivity (Wildman–Crippen MR) is 112 cm³/mol. The number of ketones is 1. The fraction of sp³-hybridized carbons (Fsp3) is 0.478. The first-order chi connectivity index (χ1) is 13.9. The second-order valence-corrected chi connectivity index (χ2v) is 8.08. The largest absolute Gasteiger partial charge is 0.504 e. The lowest BCUT2D eigenvalue weighted by Gasteiger charge is -2.50. The fourth-order valence-corrected chi connectivity index (χ4v) is 5.23. The number of allylic oxidation sites excluding steroid dienone is 1. The number of methoxy groups -OCH3 is 2. The van der Waals surface area contributed by atoms with Crippen molar-refractivity contribution in [3.8, 4) is 5.75 Å². The van der Waals surface area contributed by atoms with Crippen LogP contribution >= 0.6 is 0 Å². The van der Waals surface area contributed by atoms with Crippen molar-refractivity contribution in [1.29, 1.82) is 0 Å². The van der Waals surface area contributed by atoms with Crippen LogP contribution < -0.4 is 4.74 Å². The van der Waals surface area contributed by atoms with Gasteiger partial charge in [-0.1, -0.05) is 12.1 Å². The van der Waals surface area contributed by atoms with Crippen LogP contribution in [0.4, 0.5) is 5.69 Å². The molecule has 0 amide bonds. The topological polar surface area (TPSA) is 71.4 Å². The molecule has 0 aliphatic carbocycles. The van der Waals surface area contributed by atoms with E-state index in [-0.39, 0.29) is 23.7 Å². The number of Topliss-reactive ketones (excluding diaryl/α,β-unsaturated/α-hetero) is 1. The van der Waals surface area contributed by atoms with Crippen LogP contribution in [-0.2, 0) is 15.1 Å². The Bertz CT molecular complexity index is 906. The number of carbonyl (C=O) groups excluding carboxylic acids is 1. The highest BCUT2D eigenvalue weighted by atomic mass is 16.5. The van der Waals surface area contributed by atoms with Crippen molar-refractivity contribution in [1.82, 2.24) is 4.90 Å². The van der Waals surface area contributed by atoms with E-state index in [1.54, 1.807) is 27.4 Å². The third kappa shape index (κ3) is 3.02. The summed E-state index contributed by atoms with van der Waals surface area (Å²) in [5, 5.41) is 11.7. The molecule has 1 N–H and O–H groups in total. The van der Waals surface area contributed by atoms with Gasteiger partial charge in [-0.2, -0.15) is 0 Å². The lowest BCUT2D eigenvalue weighted by Crippen LogP contribution is -2.60. The van der Waals surface area contributed by atoms with Crippen LogP contribution in [0.2, 0.25) is 0 Å². The smallest absolute Gasteiger partial charge is 0.159 e. The summed E-state index contributed by atoms with van der Waals surface area (Å²) in [7, 11) is 3.18. The molecule has 29 heavy (non-hydrogen) atoms. The Hall–Kier alpha value is -2.44. The Balaban J connectivity index is 1.74. The van der Waals surface area contributed by atoms with Gasteiger partial charge < -0.3 is 14.6 Å². The quantitative estimate of drug-likeness (QED) is 0.471. The van der Waals surface area contributed by atoms with Gasteiger partial charge in [-0.3, -0.25) is 14.7 Å². The highest BCUT2D eigenvalue weighted by molar-refractivity contribution is 6.05. The summed E-state index contributed by atoms with van der Waals surface area (Å²) >= 11 is 0. The van der Waals surface area contributed by atoms with Gasteiger partial charge in [0, 0.05) is 18.7 Å². The molecule has 0 spiro atoms. The first-order valence-electron chi connectivity index (χ1n) is 10.0. The number of aliphatic imine (C=N–C) groups is 1. The van der Waals surface area contributed by atoms with Crippen LogP contribution in [0.3, 0.4) is 0 Å². The molecule has 3 aliphatic heterocycles. The molecule has 3 heterocycles. The molecule has 0 aromatic heterocycles. The van der Waals surface area contributed by atoms with Crippen LogP contribution in [0, 0.1) is 11.8 Å². The van der Waals surface area contributed by atoms with E-state index in [0.717, 1.165) is 30.1 Å². The molecule has 1 aromatic rings. The summed E-state index contributed by atoms with van der Waals surface area (Å²) in [5.41, 5.74) is 1.83. The van der Waals surface area contributed by atoms with E-state index in [1.807, 2.05) is 24.3 Å². The summed E-state index contributed by atoms with van der Waals surface area (Å²) in [4.78, 5) is 19.5. The van der Waals surface area contributed by atoms with Gasteiger partial charge in [0.15, 0.2) is 5.78 Å². The van der Waals surface area contributed by atoms with E-state index < -0.39 is 5.60 Å². The van der Waals surface area contributed by atoms with E-state index in [1.165, 1.54) is 0 Å². The number of rotatable bonds is 5. The van der Waals surface area contributed by atoms with Crippen LogP contribution in [0.1, 0.15) is 25.3 Å². The maximum atomic E-state index is 12.3. The zero-order chi connectivity index (χ0) is 20.8. The number of ether oxygens (including phenoxy) is 2. The van der Waals surface area contributed by atoms with Gasteiger partial charge in [0.25, 0.3) is 0 Å². The van der Waals surface area contributed by atoms with Crippen LogP contribution in [0.5, 0.6) is 5.75 Å². The average Bonchev–Trinajstić information content (AvgIpc) is 3.04. The second kappa shape index (κ2) is 7.43. The number of aliphatic hydroxyl groups is 1. The molecular weight excluding hydrogens is 368 g/mol. The van der Waals surface area contributed by atoms with Gasteiger partial charge in [-0.15, -0.1) is 6.58 Å². The minimum absolute atomic E-state index is 0.00142. The molecule has 1 aromatic carbocycles. The van der Waals surface area contributed by atoms with Gasteiger partial charge in [0.05, 0.1) is 43.5 Å². The Morgan fingerprint density at radius 3 is 2.86 bits per heavy atom. The maximum Gasteiger partial charge on any atom is 0.159 e. The average molecular weight is 396 g/mol. The number of piperidine rings is 2. The SMILES string of the molecule is C=C[C@H]1CN2CC[C@@]3(O)C(=Nc4cccc(OC)c43)[C@@H]2C[C@@H]1/C(=C\OC)C(C)=O. The lowest BCUT2D eigenvalue weighted by atomic mass is 9.70. The summed E-state index contributed by atoms with van der Waals surface area (Å²) in [6, 6.07) is 5.64. The number of carbonyl (C=O) groups is 1. The number of nitrogens with zero attached hydrogens (tertiary/aromatic N) is 2. The number of benzene rings is 1. The van der Waals surface area contributed by atoms with Crippen molar-refractivity contribution in [3.63, 3.8) is 0 Å². The molecule has 154 valence electrons. The predicted octanol–water partition coefficient (Wildman–Crippen LogP) is 2.98. The van der Waals surface area contributed by atoms with Crippen molar-refractivity contribution in [2.24, 2.45) is 16.8 Å². The summed E-state index contributed by atoms with van der Waals surface area (Å²) in [5.74, 6) is 0.780. The minimum Gasteiger partial charge on any atom is -0.504 e. The van der Waals surface area contributed by atoms with E-state index >= 15 is 0 Å². The third-order valence-electron chi connectivity index (χ3n) is 6.61. The van der Waals surface area contributed by atoms with Crippen LogP contribution in [0.25, 0.3) is 0 Å². The van der Waals surface area contributed by atoms with Crippen molar-refractivity contribution in [3.05, 3.63) is 48.3 Å². The highest BCUT2D eigenvalue weighted by Gasteiger charge is 2.54. The molecule has 6 nitrogen and oxygen atoms in total. The van der Waals surface area contributed by atoms with Gasteiger partial charge in [-0.25, -0.2) is 0 Å². The zero-order valence-electron chi connectivity index (χ0n) is 17.2. The highest BCUT2D eigenvalue weighted by Crippen LogP contribution is 2.51. The Morgan fingerprint density at radius 1 is 1.41 bits per heavy atom. The summed E-state index contributed by atoms with van der Waals surface area (Å²) < 4.78 is 10.7. The van der Waals surface area contributed by atoms with Gasteiger partial charge >= 0.3 is 0 Å². The molecule has 0 bridgehead atoms. The van der Waals surface area contributed by atoms with Crippen molar-refractivity contribution in [2.45, 2.75) is 31.4 Å². The maximum absolute atomic E-state index is 12.3. The second-order valence-electron chi connectivity index (χ2n) is 8.08. The monoisotopic (exact) mass is 396 g/mol. The van der Waals surface area contributed by atoms with E-state index in [4.69, 9.17) is 14.5 Å². The molecular formula is C23H28N2O4. The molecule has 4 rings (SSSR count). The molecule has 2 saturated heterocycles. The standard InChI is InChI=1S/C23H28N2O4/c1-5-15-12-25-10-9-23(27)21-18(7-6-8-20(21)29-4)24-22(23)19(25)11-16(15)17(13-28-3)14(2)26/h5-8,13,15-16,19,27H,1,9-12H2,2-4H3/b17-13-/t15-,16-,19-,23-/m0/s1. The minimum atomic E-state index is -1.13. The van der Waals surface area contributed by atoms with Crippen molar-refractivity contribution in [2.75, 3.05) is 27.3 Å². The summed E-state index contributed by atoms with van der Waals surface area (Å²) in [6.07, 6.45) is 4.74. The molecule has 0 saturated carbocycles. The Kier molecular flexibility index (Phi) is 5.09. The van der Waals surface area contributed by atoms with Crippen LogP contribution in [-0.4, -0.2) is 54.9 Å². The van der Waals surface area contributed by atoms with E-state index in [2.05, 4.69) is 11.5 Å². The summed E-state index contributed by atoms with van der Waals surface area (Å²) in [6.45, 7) is 7.10. The van der Waals surface area contributed by atoms with Gasteiger partial charge in [0.1, 0.15) is 11.4 Å². The van der Waals surface area contributed by atoms with Gasteiger partial charge in [-0.05, 0) is 43.7 Å². The van der Waals surface area contributed by atoms with E-state index in [0.29, 0.717) is 24.2 Å². The number of hydrogen-bond acceptors (Lipinski definition) is 6. The lowest BCUT2D eigenvalue weighted by molar-refractivity contribution is -0.114. The van der Waals surface area contributed by atoms with Gasteiger partial charge in [0.2, 0.25) is 0 Å². The molecule has 0 unspecified atom stereocenters. The first kappa shape index (κ1) is 19.9. The van der Waals surface area contributed by atoms with E-state index in [9.17, 15) is 9.90 Å². The van der Waals surface area contributed by atoms with Crippen molar-refractivity contribution >= 4 is 17.2 Å². The Labute approximate surface area is 171 Å². The fourth-order valence-electron chi connectivity index (χ4n) is 5.23. The molecule has 0 radical (unpaired) electrons. The zero-order valence-corrected chi connectivity index (χ0v) is 17.2. The van der Waals surface area contributed by atoms with Crippen LogP contribution in [0.15, 0.2) is 47.7 Å². The van der Waals surface area contributed by atoms with Crippen molar-refractivity contribution < 1.29 is 19.4 Å². The molecule has 4 atom stereocenters. The number of fused-ring (bicyclic) bond motifs is 5. The normalized spacial score (nSPS) is 31.2. The first-order valence-corrected chi connectivity index (χ1v) is 10.0. The molecule has 6 heteroatoms. The molecule has 3 aliphatic rings. The molecule has 2 fully saturated rings. The Morgan fingerprint density at radius 2 is 2.21 bits per heavy atom.